The molecule has 27 heavy (non-hydrogen) atoms. The molecule has 2 aliphatic rings. The molecule has 1 fully saturated rings. The van der Waals surface area contributed by atoms with Crippen LogP contribution in [-0.4, -0.2) is 68.8 Å². The van der Waals surface area contributed by atoms with E-state index in [1.165, 1.54) is 0 Å². The van der Waals surface area contributed by atoms with E-state index in [4.69, 9.17) is 9.47 Å². The van der Waals surface area contributed by atoms with Gasteiger partial charge in [0.05, 0.1) is 18.9 Å². The lowest BCUT2D eigenvalue weighted by Gasteiger charge is -2.33. The van der Waals surface area contributed by atoms with Gasteiger partial charge in [0.25, 0.3) is 5.91 Å². The molecule has 1 aromatic rings. The summed E-state index contributed by atoms with van der Waals surface area (Å²) < 4.78 is 11.0. The summed E-state index contributed by atoms with van der Waals surface area (Å²) in [6, 6.07) is 5.77. The van der Waals surface area contributed by atoms with Gasteiger partial charge in [-0.2, -0.15) is 0 Å². The van der Waals surface area contributed by atoms with Crippen LogP contribution in [0.5, 0.6) is 5.75 Å². The van der Waals surface area contributed by atoms with E-state index in [-0.39, 0.29) is 18.2 Å². The molecule has 0 bridgehead atoms. The van der Waals surface area contributed by atoms with E-state index in [2.05, 4.69) is 10.2 Å². The number of nitrogens with zero attached hydrogens (tertiary/aromatic N) is 2. The standard InChI is InChI=1S/C20H29N3O4/c1-15-4-5-18-17(14-15)23(20(25)16(2)27-18)9-6-19(24)21-7-3-8-22-10-12-26-13-11-22/h4-5,14,16H,3,6-13H2,1-2H3,(H,21,24). The molecule has 1 N–H and O–H groups in total. The molecule has 148 valence electrons. The Morgan fingerprint density at radius 3 is 2.81 bits per heavy atom. The summed E-state index contributed by atoms with van der Waals surface area (Å²) in [6.07, 6.45) is 0.668. The second-order valence-corrected chi connectivity index (χ2v) is 7.13. The molecule has 0 aromatic heterocycles. The highest BCUT2D eigenvalue weighted by Crippen LogP contribution is 2.34. The minimum absolute atomic E-state index is 0.0295. The van der Waals surface area contributed by atoms with E-state index in [1.54, 1.807) is 11.8 Å². The van der Waals surface area contributed by atoms with Gasteiger partial charge >= 0.3 is 0 Å². The summed E-state index contributed by atoms with van der Waals surface area (Å²) in [5.74, 6) is 0.560. The van der Waals surface area contributed by atoms with Crippen molar-refractivity contribution in [2.24, 2.45) is 0 Å². The highest BCUT2D eigenvalue weighted by atomic mass is 16.5. The second-order valence-electron chi connectivity index (χ2n) is 7.13. The van der Waals surface area contributed by atoms with Crippen molar-refractivity contribution in [1.82, 2.24) is 10.2 Å². The van der Waals surface area contributed by atoms with Crippen LogP contribution < -0.4 is 15.0 Å². The van der Waals surface area contributed by atoms with Crippen molar-refractivity contribution >= 4 is 17.5 Å². The number of benzene rings is 1. The Bertz CT molecular complexity index is 673. The SMILES string of the molecule is Cc1ccc2c(c1)N(CCC(=O)NCCCN1CCOCC1)C(=O)C(C)O2. The number of fused-ring (bicyclic) bond motifs is 1. The van der Waals surface area contributed by atoms with E-state index in [9.17, 15) is 9.59 Å². The fourth-order valence-corrected chi connectivity index (χ4v) is 3.40. The van der Waals surface area contributed by atoms with E-state index < -0.39 is 6.10 Å². The number of ether oxygens (including phenoxy) is 2. The maximum atomic E-state index is 12.5. The number of carbonyl (C=O) groups excluding carboxylic acids is 2. The monoisotopic (exact) mass is 375 g/mol. The van der Waals surface area contributed by atoms with Gasteiger partial charge in [-0.25, -0.2) is 0 Å². The normalized spacial score (nSPS) is 20.1. The van der Waals surface area contributed by atoms with Gasteiger partial charge in [-0.05, 0) is 44.5 Å². The van der Waals surface area contributed by atoms with Crippen molar-refractivity contribution in [2.75, 3.05) is 50.8 Å². The molecule has 2 heterocycles. The fraction of sp³-hybridized carbons (Fsp3) is 0.600. The Hall–Kier alpha value is -2.12. The molecule has 1 aromatic carbocycles. The van der Waals surface area contributed by atoms with E-state index in [0.29, 0.717) is 18.8 Å². The number of amides is 2. The number of aryl methyl sites for hydroxylation is 1. The summed E-state index contributed by atoms with van der Waals surface area (Å²) in [5, 5.41) is 2.96. The van der Waals surface area contributed by atoms with Gasteiger partial charge in [0, 0.05) is 32.6 Å². The first-order valence-corrected chi connectivity index (χ1v) is 9.70. The highest BCUT2D eigenvalue weighted by Gasteiger charge is 2.31. The second kappa shape index (κ2) is 9.19. The fourth-order valence-electron chi connectivity index (χ4n) is 3.40. The summed E-state index contributed by atoms with van der Waals surface area (Å²) in [5.41, 5.74) is 1.80. The molecule has 2 amide bonds. The van der Waals surface area contributed by atoms with Crippen LogP contribution >= 0.6 is 0 Å². The predicted molar refractivity (Wildman–Crippen MR) is 103 cm³/mol. The van der Waals surface area contributed by atoms with Crippen LogP contribution in [0.1, 0.15) is 25.3 Å². The lowest BCUT2D eigenvalue weighted by molar-refractivity contribution is -0.125. The Labute approximate surface area is 160 Å². The number of carbonyl (C=O) groups is 2. The molecule has 0 spiro atoms. The molecule has 0 saturated carbocycles. The zero-order valence-corrected chi connectivity index (χ0v) is 16.2. The number of nitrogens with one attached hydrogen (secondary N) is 1. The molecule has 7 nitrogen and oxygen atoms in total. The Balaban J connectivity index is 1.45. The molecule has 1 atom stereocenters. The Morgan fingerprint density at radius 2 is 2.04 bits per heavy atom. The summed E-state index contributed by atoms with van der Waals surface area (Å²) in [7, 11) is 0. The first-order valence-electron chi connectivity index (χ1n) is 9.70. The van der Waals surface area contributed by atoms with Crippen molar-refractivity contribution in [3.05, 3.63) is 23.8 Å². The minimum Gasteiger partial charge on any atom is -0.479 e. The molecule has 1 saturated heterocycles. The highest BCUT2D eigenvalue weighted by molar-refractivity contribution is 6.00. The van der Waals surface area contributed by atoms with Gasteiger partial charge in [-0.15, -0.1) is 0 Å². The maximum absolute atomic E-state index is 12.5. The minimum atomic E-state index is -0.531. The van der Waals surface area contributed by atoms with Gasteiger partial charge < -0.3 is 19.7 Å². The van der Waals surface area contributed by atoms with Gasteiger partial charge in [-0.1, -0.05) is 6.07 Å². The summed E-state index contributed by atoms with van der Waals surface area (Å²) in [6.45, 7) is 9.20. The number of hydrogen-bond donors (Lipinski definition) is 1. The van der Waals surface area contributed by atoms with Crippen molar-refractivity contribution in [2.45, 2.75) is 32.8 Å². The molecule has 0 aliphatic carbocycles. The first-order chi connectivity index (χ1) is 13.0. The zero-order valence-electron chi connectivity index (χ0n) is 16.2. The first kappa shape index (κ1) is 19.6. The maximum Gasteiger partial charge on any atom is 0.267 e. The molecule has 7 heteroatoms. The van der Waals surface area contributed by atoms with Crippen LogP contribution in [0, 0.1) is 6.92 Å². The average molecular weight is 375 g/mol. The Morgan fingerprint density at radius 1 is 1.26 bits per heavy atom. The van der Waals surface area contributed by atoms with Crippen molar-refractivity contribution in [1.29, 1.82) is 0 Å². The van der Waals surface area contributed by atoms with Crippen LogP contribution in [-0.2, 0) is 14.3 Å². The molecule has 2 aliphatic heterocycles. The van der Waals surface area contributed by atoms with Crippen LogP contribution in [0.3, 0.4) is 0 Å². The number of morpholine rings is 1. The quantitative estimate of drug-likeness (QED) is 0.728. The topological polar surface area (TPSA) is 71.1 Å². The van der Waals surface area contributed by atoms with E-state index in [0.717, 1.165) is 50.5 Å². The lowest BCUT2D eigenvalue weighted by atomic mass is 10.1. The Kier molecular flexibility index (Phi) is 6.68. The smallest absolute Gasteiger partial charge is 0.267 e. The predicted octanol–water partition coefficient (Wildman–Crippen LogP) is 1.34. The molecular weight excluding hydrogens is 346 g/mol. The number of rotatable bonds is 7. The van der Waals surface area contributed by atoms with Crippen LogP contribution in [0.15, 0.2) is 18.2 Å². The summed E-state index contributed by atoms with van der Waals surface area (Å²) in [4.78, 5) is 28.7. The molecule has 3 rings (SSSR count). The van der Waals surface area contributed by atoms with Crippen LogP contribution in [0.4, 0.5) is 5.69 Å². The average Bonchev–Trinajstić information content (AvgIpc) is 2.67. The van der Waals surface area contributed by atoms with Crippen LogP contribution in [0.25, 0.3) is 0 Å². The van der Waals surface area contributed by atoms with Crippen molar-refractivity contribution in [3.63, 3.8) is 0 Å². The van der Waals surface area contributed by atoms with E-state index in [1.807, 2.05) is 25.1 Å². The van der Waals surface area contributed by atoms with E-state index >= 15 is 0 Å². The van der Waals surface area contributed by atoms with Gasteiger partial charge in [-0.3, -0.25) is 14.5 Å². The lowest BCUT2D eigenvalue weighted by Crippen LogP contribution is -2.46. The van der Waals surface area contributed by atoms with Gasteiger partial charge in [0.15, 0.2) is 6.10 Å². The van der Waals surface area contributed by atoms with Gasteiger partial charge in [0.1, 0.15) is 5.75 Å². The summed E-state index contributed by atoms with van der Waals surface area (Å²) >= 11 is 0. The number of anilines is 1. The molecular formula is C20H29N3O4. The third kappa shape index (κ3) is 5.20. The number of hydrogen-bond acceptors (Lipinski definition) is 5. The largest absolute Gasteiger partial charge is 0.479 e. The van der Waals surface area contributed by atoms with Crippen molar-refractivity contribution < 1.29 is 19.1 Å². The molecule has 1 unspecified atom stereocenters. The van der Waals surface area contributed by atoms with Crippen LogP contribution in [0.2, 0.25) is 0 Å². The third-order valence-electron chi connectivity index (χ3n) is 4.96. The van der Waals surface area contributed by atoms with Gasteiger partial charge in [0.2, 0.25) is 5.91 Å². The van der Waals surface area contributed by atoms with Crippen molar-refractivity contribution in [3.8, 4) is 5.75 Å². The third-order valence-corrected chi connectivity index (χ3v) is 4.96. The molecule has 0 radical (unpaired) electrons. The zero-order chi connectivity index (χ0) is 19.2.